The summed E-state index contributed by atoms with van der Waals surface area (Å²) < 4.78 is 9.51. The molecule has 1 aliphatic rings. The molecule has 0 bridgehead atoms. The molecule has 0 aromatic heterocycles. The molecule has 18 heavy (non-hydrogen) atoms. The van der Waals surface area contributed by atoms with Gasteiger partial charge in [-0.15, -0.1) is 0 Å². The van der Waals surface area contributed by atoms with Gasteiger partial charge >= 0.3 is 11.9 Å². The Morgan fingerprint density at radius 1 is 1.22 bits per heavy atom. The van der Waals surface area contributed by atoms with Gasteiger partial charge in [-0.25, -0.2) is 4.79 Å². The fourth-order valence-corrected chi connectivity index (χ4v) is 1.54. The second kappa shape index (κ2) is 6.95. The van der Waals surface area contributed by atoms with Gasteiger partial charge in [0.2, 0.25) is 6.04 Å². The number of amides is 1. The van der Waals surface area contributed by atoms with Gasteiger partial charge < -0.3 is 19.7 Å². The minimum Gasteiger partial charge on any atom is -0.465 e. The summed E-state index contributed by atoms with van der Waals surface area (Å²) in [5, 5.41) is 2.44. The summed E-state index contributed by atoms with van der Waals surface area (Å²) in [5.41, 5.74) is 0. The fraction of sp³-hybridized carbons (Fsp3) is 0.727. The molecule has 0 radical (unpaired) electrons. The Labute approximate surface area is 105 Å². The summed E-state index contributed by atoms with van der Waals surface area (Å²) in [4.78, 5) is 34.6. The predicted molar refractivity (Wildman–Crippen MR) is 60.8 cm³/mol. The van der Waals surface area contributed by atoms with Crippen LogP contribution in [0.25, 0.3) is 0 Å². The Morgan fingerprint density at radius 2 is 1.89 bits per heavy atom. The van der Waals surface area contributed by atoms with Crippen LogP contribution in [0.4, 0.5) is 0 Å². The SMILES string of the molecule is CCOC(=O)CNC(=O)C[NH+]1C[C@@H]1C(=O)OCC. The number of esters is 2. The number of hydrogen-bond acceptors (Lipinski definition) is 5. The number of quaternary nitrogens is 1. The van der Waals surface area contributed by atoms with E-state index in [1.165, 1.54) is 0 Å². The Hall–Kier alpha value is -1.63. The second-order valence-corrected chi connectivity index (χ2v) is 3.93. The van der Waals surface area contributed by atoms with Gasteiger partial charge in [0.05, 0.1) is 13.2 Å². The maximum Gasteiger partial charge on any atom is 0.371 e. The number of carbonyl (C=O) groups excluding carboxylic acids is 3. The Morgan fingerprint density at radius 3 is 2.50 bits per heavy atom. The van der Waals surface area contributed by atoms with E-state index in [1.54, 1.807) is 13.8 Å². The zero-order valence-corrected chi connectivity index (χ0v) is 10.7. The normalized spacial score (nSPS) is 21.0. The molecule has 0 spiro atoms. The Bertz CT molecular complexity index is 331. The van der Waals surface area contributed by atoms with E-state index in [-0.39, 0.29) is 37.6 Å². The van der Waals surface area contributed by atoms with Crippen molar-refractivity contribution in [1.29, 1.82) is 0 Å². The van der Waals surface area contributed by atoms with Gasteiger partial charge in [-0.1, -0.05) is 0 Å². The van der Waals surface area contributed by atoms with Crippen molar-refractivity contribution in [1.82, 2.24) is 5.32 Å². The summed E-state index contributed by atoms with van der Waals surface area (Å²) in [5.74, 6) is -1.01. The van der Waals surface area contributed by atoms with Crippen LogP contribution in [0, 0.1) is 0 Å². The van der Waals surface area contributed by atoms with E-state index in [9.17, 15) is 14.4 Å². The molecule has 0 aliphatic carbocycles. The van der Waals surface area contributed by atoms with Crippen LogP contribution in [0.2, 0.25) is 0 Å². The molecule has 2 N–H and O–H groups in total. The predicted octanol–water partition coefficient (Wildman–Crippen LogP) is -2.50. The van der Waals surface area contributed by atoms with Crippen molar-refractivity contribution in [3.8, 4) is 0 Å². The van der Waals surface area contributed by atoms with Crippen LogP contribution in [0.15, 0.2) is 0 Å². The van der Waals surface area contributed by atoms with Gasteiger partial charge in [-0.3, -0.25) is 9.59 Å². The number of nitrogens with one attached hydrogen (secondary N) is 2. The van der Waals surface area contributed by atoms with Crippen LogP contribution in [-0.4, -0.2) is 56.7 Å². The van der Waals surface area contributed by atoms with Gasteiger partial charge in [-0.05, 0) is 13.8 Å². The molecule has 0 saturated carbocycles. The Balaban J connectivity index is 2.15. The molecule has 1 heterocycles. The van der Waals surface area contributed by atoms with Crippen molar-refractivity contribution >= 4 is 17.8 Å². The van der Waals surface area contributed by atoms with Gasteiger partial charge in [0.15, 0.2) is 6.54 Å². The summed E-state index contributed by atoms with van der Waals surface area (Å²) in [6.07, 6.45) is 0. The molecule has 0 aromatic carbocycles. The molecular formula is C11H19N2O5+. The van der Waals surface area contributed by atoms with Crippen molar-refractivity contribution in [2.75, 3.05) is 32.8 Å². The third kappa shape index (κ3) is 4.70. The van der Waals surface area contributed by atoms with E-state index in [0.29, 0.717) is 13.2 Å². The summed E-state index contributed by atoms with van der Waals surface area (Å²) >= 11 is 0. The van der Waals surface area contributed by atoms with Crippen LogP contribution >= 0.6 is 0 Å². The first-order valence-corrected chi connectivity index (χ1v) is 6.02. The topological polar surface area (TPSA) is 86.1 Å². The van der Waals surface area contributed by atoms with Crippen LogP contribution in [0.3, 0.4) is 0 Å². The molecule has 1 aliphatic heterocycles. The molecule has 1 amide bonds. The summed E-state index contributed by atoms with van der Waals surface area (Å²) in [6, 6.07) is -0.238. The van der Waals surface area contributed by atoms with Crippen molar-refractivity contribution in [2.45, 2.75) is 19.9 Å². The minimum absolute atomic E-state index is 0.135. The lowest BCUT2D eigenvalue weighted by atomic mass is 10.5. The van der Waals surface area contributed by atoms with E-state index >= 15 is 0 Å². The first-order valence-electron chi connectivity index (χ1n) is 6.02. The molecule has 0 aromatic rings. The monoisotopic (exact) mass is 259 g/mol. The van der Waals surface area contributed by atoms with E-state index in [4.69, 9.17) is 4.74 Å². The van der Waals surface area contributed by atoms with Crippen molar-refractivity contribution in [2.24, 2.45) is 0 Å². The van der Waals surface area contributed by atoms with Crippen LogP contribution < -0.4 is 10.2 Å². The van der Waals surface area contributed by atoms with Gasteiger partial charge in [0, 0.05) is 0 Å². The highest BCUT2D eigenvalue weighted by atomic mass is 16.5. The molecule has 1 unspecified atom stereocenters. The van der Waals surface area contributed by atoms with E-state index < -0.39 is 5.97 Å². The third-order valence-electron chi connectivity index (χ3n) is 2.49. The minimum atomic E-state index is -0.464. The smallest absolute Gasteiger partial charge is 0.371 e. The zero-order valence-electron chi connectivity index (χ0n) is 10.7. The van der Waals surface area contributed by atoms with E-state index in [2.05, 4.69) is 10.1 Å². The molecule has 1 fully saturated rings. The van der Waals surface area contributed by atoms with Gasteiger partial charge in [-0.2, -0.15) is 0 Å². The molecule has 2 atom stereocenters. The van der Waals surface area contributed by atoms with Gasteiger partial charge in [0.25, 0.3) is 5.91 Å². The molecule has 1 rings (SSSR count). The first-order chi connectivity index (χ1) is 8.58. The first kappa shape index (κ1) is 14.4. The number of hydrogen-bond donors (Lipinski definition) is 2. The second-order valence-electron chi connectivity index (χ2n) is 3.93. The maximum absolute atomic E-state index is 11.4. The van der Waals surface area contributed by atoms with Crippen molar-refractivity contribution in [3.63, 3.8) is 0 Å². The van der Waals surface area contributed by atoms with Crippen LogP contribution in [0.5, 0.6) is 0 Å². The summed E-state index contributed by atoms with van der Waals surface area (Å²) in [7, 11) is 0. The van der Waals surface area contributed by atoms with Crippen LogP contribution in [0.1, 0.15) is 13.8 Å². The molecule has 7 heteroatoms. The van der Waals surface area contributed by atoms with Crippen molar-refractivity contribution < 1.29 is 28.8 Å². The maximum atomic E-state index is 11.4. The summed E-state index contributed by atoms with van der Waals surface area (Å²) in [6.45, 7) is 4.71. The molecular weight excluding hydrogens is 240 g/mol. The lowest BCUT2D eigenvalue weighted by Gasteiger charge is -2.04. The third-order valence-corrected chi connectivity index (χ3v) is 2.49. The van der Waals surface area contributed by atoms with E-state index in [0.717, 1.165) is 4.90 Å². The lowest BCUT2D eigenvalue weighted by Crippen LogP contribution is -2.97. The standard InChI is InChI=1S/C11H18N2O5/c1-3-17-10(15)5-12-9(14)7-13-6-8(13)11(16)18-4-2/h8H,3-7H2,1-2H3,(H,12,14)/p+1/t8-,13?/m1/s1. The highest BCUT2D eigenvalue weighted by Gasteiger charge is 2.48. The molecule has 1 saturated heterocycles. The highest BCUT2D eigenvalue weighted by Crippen LogP contribution is 1.92. The average Bonchev–Trinajstić information content (AvgIpc) is 3.06. The molecule has 7 nitrogen and oxygen atoms in total. The van der Waals surface area contributed by atoms with Gasteiger partial charge in [0.1, 0.15) is 13.1 Å². The zero-order chi connectivity index (χ0) is 13.5. The number of rotatable bonds is 7. The average molecular weight is 259 g/mol. The number of ether oxygens (including phenoxy) is 2. The van der Waals surface area contributed by atoms with Crippen molar-refractivity contribution in [3.05, 3.63) is 0 Å². The lowest BCUT2D eigenvalue weighted by molar-refractivity contribution is -0.759. The fourth-order valence-electron chi connectivity index (χ4n) is 1.54. The highest BCUT2D eigenvalue weighted by molar-refractivity contribution is 5.83. The largest absolute Gasteiger partial charge is 0.465 e. The van der Waals surface area contributed by atoms with E-state index in [1.807, 2.05) is 0 Å². The quantitative estimate of drug-likeness (QED) is 0.390. The number of carbonyl (C=O) groups is 3. The molecule has 102 valence electrons. The Kier molecular flexibility index (Phi) is 5.57. The van der Waals surface area contributed by atoms with Crippen LogP contribution in [-0.2, 0) is 23.9 Å².